The molecule has 24 heavy (non-hydrogen) atoms. The van der Waals surface area contributed by atoms with Gasteiger partial charge in [0.25, 0.3) is 0 Å². The highest BCUT2D eigenvalue weighted by Crippen LogP contribution is 2.18. The molecule has 1 aromatic rings. The van der Waals surface area contributed by atoms with E-state index in [2.05, 4.69) is 6.92 Å². The van der Waals surface area contributed by atoms with Gasteiger partial charge in [0.05, 0.1) is 5.56 Å². The molecule has 0 bridgehead atoms. The highest BCUT2D eigenvalue weighted by molar-refractivity contribution is 5.90. The van der Waals surface area contributed by atoms with Crippen molar-refractivity contribution in [3.05, 3.63) is 29.3 Å². The maximum atomic E-state index is 12.0. The van der Waals surface area contributed by atoms with Gasteiger partial charge in [-0.25, -0.2) is 4.79 Å². The number of carbonyl (C=O) groups excluding carboxylic acids is 1. The molecule has 1 atom stereocenters. The smallest absolute Gasteiger partial charge is 0.373 e. The van der Waals surface area contributed by atoms with E-state index in [4.69, 9.17) is 14.5 Å². The lowest BCUT2D eigenvalue weighted by Gasteiger charge is -2.13. The van der Waals surface area contributed by atoms with Gasteiger partial charge in [-0.1, -0.05) is 46.0 Å². The largest absolute Gasteiger partial charge is 0.508 e. The highest BCUT2D eigenvalue weighted by Gasteiger charge is 2.15. The number of phenolic OH excluding ortho intramolecular Hbond substituents is 1. The Balaban J connectivity index is 2.24. The van der Waals surface area contributed by atoms with E-state index in [-0.39, 0.29) is 5.75 Å². The number of unbranched alkanes of at least 4 members (excludes halogenated alkanes) is 5. The molecule has 0 aliphatic rings. The minimum absolute atomic E-state index is 0.125. The maximum absolute atomic E-state index is 12.0. The van der Waals surface area contributed by atoms with E-state index in [0.29, 0.717) is 24.2 Å². The van der Waals surface area contributed by atoms with Crippen LogP contribution in [0.2, 0.25) is 0 Å². The minimum Gasteiger partial charge on any atom is -0.508 e. The molecule has 5 nitrogen and oxygen atoms in total. The second-order valence-corrected chi connectivity index (χ2v) is 5.87. The van der Waals surface area contributed by atoms with Crippen molar-refractivity contribution in [1.82, 2.24) is 0 Å². The van der Waals surface area contributed by atoms with Crippen LogP contribution in [0.25, 0.3) is 0 Å². The average Bonchev–Trinajstić information content (AvgIpc) is 2.58. The van der Waals surface area contributed by atoms with E-state index in [1.54, 1.807) is 13.0 Å². The average molecular weight is 338 g/mol. The first-order chi connectivity index (χ1) is 11.6. The van der Waals surface area contributed by atoms with Gasteiger partial charge in [0.2, 0.25) is 0 Å². The Hall–Kier alpha value is -1.59. The molecule has 0 saturated heterocycles. The molecule has 0 aliphatic carbocycles. The minimum atomic E-state index is -0.605. The number of aromatic hydroxyl groups is 1. The summed E-state index contributed by atoms with van der Waals surface area (Å²) >= 11 is 0. The molecule has 136 valence electrons. The zero-order valence-electron chi connectivity index (χ0n) is 15.0. The fraction of sp³-hybridized carbons (Fsp3) is 0.632. The van der Waals surface area contributed by atoms with Crippen LogP contribution in [-0.4, -0.2) is 24.0 Å². The van der Waals surface area contributed by atoms with Gasteiger partial charge >= 0.3 is 5.97 Å². The molecule has 0 saturated carbocycles. The first-order valence-electron chi connectivity index (χ1n) is 8.89. The van der Waals surface area contributed by atoms with Crippen LogP contribution < -0.4 is 0 Å². The number of aryl methyl sites for hydroxylation is 1. The summed E-state index contributed by atoms with van der Waals surface area (Å²) in [6, 6.07) is 4.53. The van der Waals surface area contributed by atoms with Gasteiger partial charge in [-0.15, -0.1) is 0 Å². The monoisotopic (exact) mass is 338 g/mol. The number of phenols is 1. The molecule has 1 unspecified atom stereocenters. The van der Waals surface area contributed by atoms with E-state index < -0.39 is 12.3 Å². The SMILES string of the molecule is CCCCCCCCOC(C)OOC(=O)c1ccc(O)cc1CC. The zero-order valence-corrected chi connectivity index (χ0v) is 15.0. The highest BCUT2D eigenvalue weighted by atomic mass is 17.2. The molecule has 1 rings (SSSR count). The Labute approximate surface area is 144 Å². The molecule has 0 aromatic heterocycles. The summed E-state index contributed by atoms with van der Waals surface area (Å²) in [7, 11) is 0. The number of rotatable bonds is 12. The molecular formula is C19H30O5. The molecule has 5 heteroatoms. The molecule has 1 N–H and O–H groups in total. The predicted molar refractivity (Wildman–Crippen MR) is 92.8 cm³/mol. The van der Waals surface area contributed by atoms with Crippen molar-refractivity contribution >= 4 is 5.97 Å². The fourth-order valence-electron chi connectivity index (χ4n) is 2.39. The molecule has 0 radical (unpaired) electrons. The molecular weight excluding hydrogens is 308 g/mol. The van der Waals surface area contributed by atoms with Gasteiger partial charge in [-0.2, -0.15) is 4.89 Å². The van der Waals surface area contributed by atoms with E-state index in [1.807, 2.05) is 6.92 Å². The van der Waals surface area contributed by atoms with Gasteiger partial charge in [0.15, 0.2) is 6.29 Å². The molecule has 0 fully saturated rings. The number of hydrogen-bond donors (Lipinski definition) is 1. The molecule has 0 aliphatic heterocycles. The van der Waals surface area contributed by atoms with E-state index in [9.17, 15) is 9.90 Å². The summed E-state index contributed by atoms with van der Waals surface area (Å²) in [6.07, 6.45) is 7.15. The van der Waals surface area contributed by atoms with Gasteiger partial charge in [0.1, 0.15) is 5.75 Å². The first kappa shape index (κ1) is 20.5. The summed E-state index contributed by atoms with van der Waals surface area (Å²) in [6.45, 7) is 6.38. The van der Waals surface area contributed by atoms with E-state index >= 15 is 0 Å². The quantitative estimate of drug-likeness (QED) is 0.257. The number of ether oxygens (including phenoxy) is 1. The summed E-state index contributed by atoms with van der Waals surface area (Å²) < 4.78 is 5.47. The fourth-order valence-corrected chi connectivity index (χ4v) is 2.39. The van der Waals surface area contributed by atoms with E-state index in [0.717, 1.165) is 12.8 Å². The van der Waals surface area contributed by atoms with Crippen LogP contribution in [0.1, 0.15) is 75.2 Å². The molecule has 1 aromatic carbocycles. The predicted octanol–water partition coefficient (Wildman–Crippen LogP) is 4.77. The summed E-state index contributed by atoms with van der Waals surface area (Å²) in [5.74, 6) is -0.457. The second kappa shape index (κ2) is 11.9. The van der Waals surface area contributed by atoms with Gasteiger partial charge in [-0.05, 0) is 43.5 Å². The van der Waals surface area contributed by atoms with Crippen molar-refractivity contribution in [1.29, 1.82) is 0 Å². The summed E-state index contributed by atoms with van der Waals surface area (Å²) in [4.78, 5) is 21.9. The Kier molecular flexibility index (Phi) is 10.1. The van der Waals surface area contributed by atoms with Crippen LogP contribution in [0.15, 0.2) is 18.2 Å². The van der Waals surface area contributed by atoms with Crippen molar-refractivity contribution < 1.29 is 24.4 Å². The first-order valence-corrected chi connectivity index (χ1v) is 8.89. The van der Waals surface area contributed by atoms with Crippen molar-refractivity contribution in [2.75, 3.05) is 6.61 Å². The third-order valence-electron chi connectivity index (χ3n) is 3.80. The topological polar surface area (TPSA) is 65.0 Å². The third-order valence-corrected chi connectivity index (χ3v) is 3.80. The molecule has 0 amide bonds. The summed E-state index contributed by atoms with van der Waals surface area (Å²) in [5, 5.41) is 9.45. The van der Waals surface area contributed by atoms with Crippen LogP contribution in [-0.2, 0) is 20.9 Å². The lowest BCUT2D eigenvalue weighted by Crippen LogP contribution is -2.18. The standard InChI is InChI=1S/C19H30O5/c1-4-6-7-8-9-10-13-22-15(3)23-24-19(21)18-12-11-17(20)14-16(18)5-2/h11-12,14-15,20H,4-10,13H2,1-3H3. The number of hydrogen-bond acceptors (Lipinski definition) is 5. The van der Waals surface area contributed by atoms with E-state index in [1.165, 1.54) is 37.8 Å². The van der Waals surface area contributed by atoms with Crippen LogP contribution >= 0.6 is 0 Å². The second-order valence-electron chi connectivity index (χ2n) is 5.87. The summed E-state index contributed by atoms with van der Waals surface area (Å²) in [5.41, 5.74) is 1.10. The lowest BCUT2D eigenvalue weighted by molar-refractivity contribution is -0.333. The normalized spacial score (nSPS) is 12.1. The van der Waals surface area contributed by atoms with Gasteiger partial charge in [0, 0.05) is 6.61 Å². The maximum Gasteiger partial charge on any atom is 0.373 e. The van der Waals surface area contributed by atoms with Crippen molar-refractivity contribution in [3.8, 4) is 5.75 Å². The Morgan fingerprint density at radius 2 is 1.83 bits per heavy atom. The van der Waals surface area contributed by atoms with Crippen molar-refractivity contribution in [2.45, 2.75) is 72.0 Å². The van der Waals surface area contributed by atoms with Gasteiger partial charge in [-0.3, -0.25) is 4.89 Å². The van der Waals surface area contributed by atoms with Gasteiger partial charge < -0.3 is 9.84 Å². The Bertz CT molecular complexity index is 487. The van der Waals surface area contributed by atoms with Crippen molar-refractivity contribution in [3.63, 3.8) is 0 Å². The van der Waals surface area contributed by atoms with Crippen LogP contribution in [0.3, 0.4) is 0 Å². The lowest BCUT2D eigenvalue weighted by atomic mass is 10.1. The van der Waals surface area contributed by atoms with Crippen LogP contribution in [0.5, 0.6) is 5.75 Å². The van der Waals surface area contributed by atoms with Crippen LogP contribution in [0.4, 0.5) is 0 Å². The molecule has 0 spiro atoms. The Morgan fingerprint density at radius 1 is 1.12 bits per heavy atom. The number of carbonyl (C=O) groups is 1. The molecule has 0 heterocycles. The Morgan fingerprint density at radius 3 is 2.54 bits per heavy atom. The van der Waals surface area contributed by atoms with Crippen molar-refractivity contribution in [2.24, 2.45) is 0 Å². The van der Waals surface area contributed by atoms with Crippen LogP contribution in [0, 0.1) is 0 Å². The zero-order chi connectivity index (χ0) is 17.8. The third kappa shape index (κ3) is 7.79. The number of benzene rings is 1.